The summed E-state index contributed by atoms with van der Waals surface area (Å²) in [5, 5.41) is 8.96. The Morgan fingerprint density at radius 3 is 3.13 bits per heavy atom. The summed E-state index contributed by atoms with van der Waals surface area (Å²) >= 11 is 1.57. The SMILES string of the molecule is NCC(C(=O)O)c1ccc2c(c1)SCO2. The van der Waals surface area contributed by atoms with E-state index in [9.17, 15) is 4.79 Å². The van der Waals surface area contributed by atoms with E-state index in [1.165, 1.54) is 0 Å². The molecule has 1 aromatic rings. The van der Waals surface area contributed by atoms with Gasteiger partial charge in [-0.1, -0.05) is 17.8 Å². The Kier molecular flexibility index (Phi) is 2.83. The van der Waals surface area contributed by atoms with Crippen molar-refractivity contribution >= 4 is 17.7 Å². The fourth-order valence-electron chi connectivity index (χ4n) is 1.51. The van der Waals surface area contributed by atoms with E-state index in [0.29, 0.717) is 5.94 Å². The van der Waals surface area contributed by atoms with E-state index in [0.717, 1.165) is 16.2 Å². The molecule has 0 spiro atoms. The maximum Gasteiger partial charge on any atom is 0.312 e. The summed E-state index contributed by atoms with van der Waals surface area (Å²) < 4.78 is 5.31. The van der Waals surface area contributed by atoms with Gasteiger partial charge in [-0.25, -0.2) is 0 Å². The fraction of sp³-hybridized carbons (Fsp3) is 0.300. The van der Waals surface area contributed by atoms with Crippen LogP contribution in [-0.2, 0) is 4.79 Å². The van der Waals surface area contributed by atoms with Gasteiger partial charge in [-0.05, 0) is 17.7 Å². The Labute approximate surface area is 91.4 Å². The van der Waals surface area contributed by atoms with Gasteiger partial charge in [0.1, 0.15) is 11.7 Å². The molecule has 1 aliphatic rings. The third kappa shape index (κ3) is 1.93. The number of nitrogens with two attached hydrogens (primary N) is 1. The molecule has 1 atom stereocenters. The number of carboxylic acids is 1. The van der Waals surface area contributed by atoms with Gasteiger partial charge in [0.25, 0.3) is 0 Å². The Balaban J connectivity index is 2.32. The molecule has 3 N–H and O–H groups in total. The second kappa shape index (κ2) is 4.12. The molecule has 0 bridgehead atoms. The molecule has 0 saturated heterocycles. The van der Waals surface area contributed by atoms with Gasteiger partial charge in [0.15, 0.2) is 0 Å². The molecule has 15 heavy (non-hydrogen) atoms. The molecule has 1 aliphatic heterocycles. The molecule has 2 rings (SSSR count). The van der Waals surface area contributed by atoms with E-state index in [4.69, 9.17) is 15.6 Å². The maximum atomic E-state index is 10.9. The number of carboxylic acid groups (broad SMARTS) is 1. The lowest BCUT2D eigenvalue weighted by Crippen LogP contribution is -2.21. The molecule has 5 heteroatoms. The minimum absolute atomic E-state index is 0.111. The summed E-state index contributed by atoms with van der Waals surface area (Å²) in [5.41, 5.74) is 6.17. The predicted molar refractivity (Wildman–Crippen MR) is 57.2 cm³/mol. The van der Waals surface area contributed by atoms with E-state index in [1.807, 2.05) is 6.07 Å². The Morgan fingerprint density at radius 1 is 1.67 bits per heavy atom. The highest BCUT2D eigenvalue weighted by atomic mass is 32.2. The summed E-state index contributed by atoms with van der Waals surface area (Å²) in [7, 11) is 0. The number of fused-ring (bicyclic) bond motifs is 1. The van der Waals surface area contributed by atoms with E-state index in [2.05, 4.69) is 0 Å². The van der Waals surface area contributed by atoms with Crippen molar-refractivity contribution in [3.05, 3.63) is 23.8 Å². The summed E-state index contributed by atoms with van der Waals surface area (Å²) in [5.74, 6) is -0.0955. The number of benzene rings is 1. The zero-order valence-corrected chi connectivity index (χ0v) is 8.79. The van der Waals surface area contributed by atoms with Crippen LogP contribution >= 0.6 is 11.8 Å². The predicted octanol–water partition coefficient (Wildman–Crippen LogP) is 1.26. The molecule has 0 aromatic heterocycles. The molecule has 0 saturated carbocycles. The Morgan fingerprint density at radius 2 is 2.47 bits per heavy atom. The van der Waals surface area contributed by atoms with Gasteiger partial charge in [-0.3, -0.25) is 4.79 Å². The van der Waals surface area contributed by atoms with Crippen LogP contribution in [0.1, 0.15) is 11.5 Å². The lowest BCUT2D eigenvalue weighted by molar-refractivity contribution is -0.138. The number of hydrogen-bond acceptors (Lipinski definition) is 4. The first kappa shape index (κ1) is 10.3. The normalized spacial score (nSPS) is 15.5. The van der Waals surface area contributed by atoms with Crippen LogP contribution < -0.4 is 10.5 Å². The second-order valence-corrected chi connectivity index (χ2v) is 4.20. The minimum atomic E-state index is -0.888. The second-order valence-electron chi connectivity index (χ2n) is 3.24. The van der Waals surface area contributed by atoms with E-state index >= 15 is 0 Å². The van der Waals surface area contributed by atoms with E-state index < -0.39 is 11.9 Å². The molecule has 0 amide bonds. The lowest BCUT2D eigenvalue weighted by Gasteiger charge is -2.10. The van der Waals surface area contributed by atoms with E-state index in [1.54, 1.807) is 23.9 Å². The topological polar surface area (TPSA) is 72.6 Å². The van der Waals surface area contributed by atoms with Gasteiger partial charge in [-0.15, -0.1) is 0 Å². The highest BCUT2D eigenvalue weighted by Crippen LogP contribution is 2.37. The van der Waals surface area contributed by atoms with Gasteiger partial charge < -0.3 is 15.6 Å². The molecular formula is C10H11NO3S. The summed E-state index contributed by atoms with van der Waals surface area (Å²) in [6.07, 6.45) is 0. The van der Waals surface area contributed by atoms with Crippen molar-refractivity contribution < 1.29 is 14.6 Å². The molecule has 1 aromatic carbocycles. The molecule has 1 unspecified atom stereocenters. The molecule has 0 radical (unpaired) electrons. The van der Waals surface area contributed by atoms with Crippen molar-refractivity contribution in [1.29, 1.82) is 0 Å². The van der Waals surface area contributed by atoms with Crippen molar-refractivity contribution in [3.8, 4) is 5.75 Å². The van der Waals surface area contributed by atoms with Crippen LogP contribution in [0.2, 0.25) is 0 Å². The van der Waals surface area contributed by atoms with Crippen LogP contribution in [0.3, 0.4) is 0 Å². The van der Waals surface area contributed by atoms with Crippen LogP contribution in [0.15, 0.2) is 23.1 Å². The lowest BCUT2D eigenvalue weighted by atomic mass is 9.99. The largest absolute Gasteiger partial charge is 0.481 e. The summed E-state index contributed by atoms with van der Waals surface area (Å²) in [6, 6.07) is 5.41. The number of ether oxygens (including phenoxy) is 1. The van der Waals surface area contributed by atoms with Crippen molar-refractivity contribution in [2.75, 3.05) is 12.5 Å². The number of aliphatic carboxylic acids is 1. The molecule has 80 valence electrons. The number of hydrogen-bond donors (Lipinski definition) is 2. The Hall–Kier alpha value is -1.20. The van der Waals surface area contributed by atoms with Crippen LogP contribution in [0.25, 0.3) is 0 Å². The molecule has 1 heterocycles. The maximum absolute atomic E-state index is 10.9. The van der Waals surface area contributed by atoms with Crippen LogP contribution in [0.4, 0.5) is 0 Å². The molecule has 0 fully saturated rings. The monoisotopic (exact) mass is 225 g/mol. The molecule has 0 aliphatic carbocycles. The smallest absolute Gasteiger partial charge is 0.312 e. The summed E-state index contributed by atoms with van der Waals surface area (Å²) in [4.78, 5) is 11.9. The van der Waals surface area contributed by atoms with Gasteiger partial charge in [-0.2, -0.15) is 0 Å². The minimum Gasteiger partial charge on any atom is -0.481 e. The van der Waals surface area contributed by atoms with Crippen LogP contribution in [-0.4, -0.2) is 23.6 Å². The highest BCUT2D eigenvalue weighted by Gasteiger charge is 2.21. The van der Waals surface area contributed by atoms with Crippen LogP contribution in [0, 0.1) is 0 Å². The average molecular weight is 225 g/mol. The van der Waals surface area contributed by atoms with E-state index in [-0.39, 0.29) is 6.54 Å². The first-order chi connectivity index (χ1) is 7.22. The van der Waals surface area contributed by atoms with Gasteiger partial charge in [0.05, 0.1) is 10.8 Å². The van der Waals surface area contributed by atoms with Crippen molar-refractivity contribution in [2.45, 2.75) is 10.8 Å². The number of thioether (sulfide) groups is 1. The fourth-order valence-corrected chi connectivity index (χ4v) is 2.31. The van der Waals surface area contributed by atoms with Gasteiger partial charge in [0, 0.05) is 6.54 Å². The summed E-state index contributed by atoms with van der Waals surface area (Å²) in [6.45, 7) is 0.111. The van der Waals surface area contributed by atoms with Crippen LogP contribution in [0.5, 0.6) is 5.75 Å². The molecule has 4 nitrogen and oxygen atoms in total. The van der Waals surface area contributed by atoms with Crippen molar-refractivity contribution in [2.24, 2.45) is 5.73 Å². The van der Waals surface area contributed by atoms with Crippen molar-refractivity contribution in [1.82, 2.24) is 0 Å². The third-order valence-corrected chi connectivity index (χ3v) is 3.20. The van der Waals surface area contributed by atoms with Gasteiger partial charge in [0.2, 0.25) is 0 Å². The number of rotatable bonds is 3. The Bertz CT molecular complexity index is 394. The third-order valence-electron chi connectivity index (χ3n) is 2.33. The van der Waals surface area contributed by atoms with Crippen molar-refractivity contribution in [3.63, 3.8) is 0 Å². The first-order valence-electron chi connectivity index (χ1n) is 4.55. The highest BCUT2D eigenvalue weighted by molar-refractivity contribution is 7.99. The number of carbonyl (C=O) groups is 1. The zero-order valence-electron chi connectivity index (χ0n) is 7.97. The average Bonchev–Trinajstić information content (AvgIpc) is 2.65. The zero-order chi connectivity index (χ0) is 10.8. The van der Waals surface area contributed by atoms with Gasteiger partial charge >= 0.3 is 5.97 Å². The first-order valence-corrected chi connectivity index (χ1v) is 5.53. The quantitative estimate of drug-likeness (QED) is 0.810. The standard InChI is InChI=1S/C10H11NO3S/c11-4-7(10(12)13)6-1-2-8-9(3-6)15-5-14-8/h1-3,7H,4-5,11H2,(H,12,13). The molecular weight excluding hydrogens is 214 g/mol.